The lowest BCUT2D eigenvalue weighted by Gasteiger charge is -2.33. The van der Waals surface area contributed by atoms with Gasteiger partial charge in [-0.15, -0.1) is 0 Å². The van der Waals surface area contributed by atoms with Gasteiger partial charge in [0.15, 0.2) is 0 Å². The number of methoxy groups -OCH3 is 1. The molecule has 0 bridgehead atoms. The smallest absolute Gasteiger partial charge is 0.227 e. The van der Waals surface area contributed by atoms with Gasteiger partial charge in [0.05, 0.1) is 25.1 Å². The minimum atomic E-state index is 0.174. The van der Waals surface area contributed by atoms with E-state index < -0.39 is 0 Å². The molecule has 0 saturated carbocycles. The highest BCUT2D eigenvalue weighted by molar-refractivity contribution is 5.80. The summed E-state index contributed by atoms with van der Waals surface area (Å²) in [5, 5.41) is 0. The first-order valence-electron chi connectivity index (χ1n) is 7.29. The van der Waals surface area contributed by atoms with E-state index in [9.17, 15) is 4.79 Å². The van der Waals surface area contributed by atoms with Gasteiger partial charge in [0.25, 0.3) is 0 Å². The van der Waals surface area contributed by atoms with Gasteiger partial charge in [-0.3, -0.25) is 9.69 Å². The molecule has 2 aliphatic heterocycles. The van der Waals surface area contributed by atoms with Crippen molar-refractivity contribution in [2.24, 2.45) is 11.8 Å². The highest BCUT2D eigenvalue weighted by Crippen LogP contribution is 2.32. The number of carbonyl (C=O) groups is 1. The lowest BCUT2D eigenvalue weighted by molar-refractivity contribution is -0.140. The van der Waals surface area contributed by atoms with Crippen LogP contribution in [0.3, 0.4) is 0 Å². The van der Waals surface area contributed by atoms with Crippen LogP contribution < -0.4 is 0 Å². The number of hydrogen-bond donors (Lipinski definition) is 0. The van der Waals surface area contributed by atoms with Crippen LogP contribution in [0.15, 0.2) is 23.0 Å². The van der Waals surface area contributed by atoms with E-state index in [2.05, 4.69) is 4.90 Å². The molecule has 5 heteroatoms. The number of nitrogens with zero attached hydrogens (tertiary/aromatic N) is 2. The molecule has 1 aromatic heterocycles. The molecule has 5 nitrogen and oxygen atoms in total. The number of piperidine rings is 1. The van der Waals surface area contributed by atoms with E-state index in [1.54, 1.807) is 19.6 Å². The molecule has 1 aromatic rings. The molecular formula is C15H22N2O3. The van der Waals surface area contributed by atoms with E-state index in [0.717, 1.165) is 39.1 Å². The summed E-state index contributed by atoms with van der Waals surface area (Å²) >= 11 is 0. The van der Waals surface area contributed by atoms with Crippen molar-refractivity contribution in [3.63, 3.8) is 0 Å². The molecule has 3 heterocycles. The molecule has 2 fully saturated rings. The third-order valence-corrected chi connectivity index (χ3v) is 4.47. The Morgan fingerprint density at radius 2 is 2.35 bits per heavy atom. The molecule has 0 spiro atoms. The number of rotatable bonds is 5. The number of ether oxygens (including phenoxy) is 1. The molecule has 110 valence electrons. The zero-order valence-electron chi connectivity index (χ0n) is 12.0. The summed E-state index contributed by atoms with van der Waals surface area (Å²) < 4.78 is 10.2. The van der Waals surface area contributed by atoms with Crippen molar-refractivity contribution < 1.29 is 13.9 Å². The second kappa shape index (κ2) is 5.97. The third-order valence-electron chi connectivity index (χ3n) is 4.47. The number of amides is 1. The highest BCUT2D eigenvalue weighted by Gasteiger charge is 2.42. The lowest BCUT2D eigenvalue weighted by Crippen LogP contribution is -2.46. The first-order valence-corrected chi connectivity index (χ1v) is 7.29. The largest absolute Gasteiger partial charge is 0.472 e. The van der Waals surface area contributed by atoms with Crippen molar-refractivity contribution in [1.29, 1.82) is 0 Å². The number of fused-ring (bicyclic) bond motifs is 1. The molecular weight excluding hydrogens is 256 g/mol. The van der Waals surface area contributed by atoms with Gasteiger partial charge in [-0.1, -0.05) is 0 Å². The minimum Gasteiger partial charge on any atom is -0.472 e. The van der Waals surface area contributed by atoms with E-state index in [1.165, 1.54) is 5.56 Å². The van der Waals surface area contributed by atoms with Gasteiger partial charge in [0.2, 0.25) is 5.91 Å². The monoisotopic (exact) mass is 278 g/mol. The summed E-state index contributed by atoms with van der Waals surface area (Å²) in [6.45, 7) is 5.01. The third kappa shape index (κ3) is 2.74. The fraction of sp³-hybridized carbons (Fsp3) is 0.667. The van der Waals surface area contributed by atoms with Crippen LogP contribution in [0.4, 0.5) is 0 Å². The van der Waals surface area contributed by atoms with E-state index in [1.807, 2.05) is 11.0 Å². The van der Waals surface area contributed by atoms with Gasteiger partial charge in [-0.05, 0) is 18.4 Å². The van der Waals surface area contributed by atoms with E-state index >= 15 is 0 Å². The summed E-state index contributed by atoms with van der Waals surface area (Å²) in [5.41, 5.74) is 1.19. The van der Waals surface area contributed by atoms with Crippen LogP contribution in [0.5, 0.6) is 0 Å². The molecule has 0 unspecified atom stereocenters. The minimum absolute atomic E-state index is 0.174. The second-order valence-corrected chi connectivity index (χ2v) is 5.80. The molecule has 2 saturated heterocycles. The van der Waals surface area contributed by atoms with Crippen molar-refractivity contribution in [1.82, 2.24) is 9.80 Å². The Balaban J connectivity index is 1.58. The lowest BCUT2D eigenvalue weighted by atomic mass is 9.88. The molecule has 0 radical (unpaired) electrons. The molecule has 2 aliphatic rings. The van der Waals surface area contributed by atoms with Gasteiger partial charge < -0.3 is 14.1 Å². The van der Waals surface area contributed by atoms with Crippen molar-refractivity contribution in [3.8, 4) is 0 Å². The van der Waals surface area contributed by atoms with E-state index in [4.69, 9.17) is 9.15 Å². The Labute approximate surface area is 119 Å². The SMILES string of the molecule is COCCN1CC[C@@H]2CN(Cc3ccoc3)C[C@H]2C1=O. The van der Waals surface area contributed by atoms with Crippen LogP contribution in [0.25, 0.3) is 0 Å². The van der Waals surface area contributed by atoms with Crippen molar-refractivity contribution >= 4 is 5.91 Å². The van der Waals surface area contributed by atoms with Crippen LogP contribution in [0.2, 0.25) is 0 Å². The van der Waals surface area contributed by atoms with Crippen molar-refractivity contribution in [3.05, 3.63) is 24.2 Å². The Hall–Kier alpha value is -1.33. The molecule has 2 atom stereocenters. The standard InChI is InChI=1S/C15H22N2O3/c1-19-7-5-17-4-2-13-9-16(10-14(13)15(17)18)8-12-3-6-20-11-12/h3,6,11,13-14H,2,4-5,7-10H2,1H3/t13-,14-/m1/s1. The van der Waals surface area contributed by atoms with E-state index in [-0.39, 0.29) is 5.92 Å². The van der Waals surface area contributed by atoms with Crippen LogP contribution in [0, 0.1) is 11.8 Å². The second-order valence-electron chi connectivity index (χ2n) is 5.80. The van der Waals surface area contributed by atoms with Crippen molar-refractivity contribution in [2.45, 2.75) is 13.0 Å². The Morgan fingerprint density at radius 1 is 1.45 bits per heavy atom. The van der Waals surface area contributed by atoms with Gasteiger partial charge in [-0.2, -0.15) is 0 Å². The number of carbonyl (C=O) groups excluding carboxylic acids is 1. The molecule has 0 N–H and O–H groups in total. The Kier molecular flexibility index (Phi) is 4.08. The molecule has 0 aliphatic carbocycles. The van der Waals surface area contributed by atoms with Gasteiger partial charge in [-0.25, -0.2) is 0 Å². The normalized spacial score (nSPS) is 27.1. The Bertz CT molecular complexity index is 446. The van der Waals surface area contributed by atoms with Gasteiger partial charge in [0, 0.05) is 45.4 Å². The van der Waals surface area contributed by atoms with Crippen LogP contribution in [-0.2, 0) is 16.1 Å². The molecule has 3 rings (SSSR count). The molecule has 1 amide bonds. The number of likely N-dealkylation sites (tertiary alicyclic amines) is 2. The number of furan rings is 1. The predicted molar refractivity (Wildman–Crippen MR) is 74.0 cm³/mol. The maximum absolute atomic E-state index is 12.5. The fourth-order valence-corrected chi connectivity index (χ4v) is 3.39. The zero-order chi connectivity index (χ0) is 13.9. The van der Waals surface area contributed by atoms with Crippen LogP contribution in [-0.4, -0.2) is 55.6 Å². The van der Waals surface area contributed by atoms with E-state index in [0.29, 0.717) is 18.4 Å². The van der Waals surface area contributed by atoms with Gasteiger partial charge >= 0.3 is 0 Å². The quantitative estimate of drug-likeness (QED) is 0.812. The summed E-state index contributed by atoms with van der Waals surface area (Å²) in [6.07, 6.45) is 4.60. The average molecular weight is 278 g/mol. The maximum Gasteiger partial charge on any atom is 0.227 e. The first kappa shape index (κ1) is 13.6. The summed E-state index contributed by atoms with van der Waals surface area (Å²) in [7, 11) is 1.68. The average Bonchev–Trinajstić information content (AvgIpc) is 3.08. The molecule has 0 aromatic carbocycles. The fourth-order valence-electron chi connectivity index (χ4n) is 3.39. The Morgan fingerprint density at radius 3 is 3.10 bits per heavy atom. The first-order chi connectivity index (χ1) is 9.78. The highest BCUT2D eigenvalue weighted by atomic mass is 16.5. The topological polar surface area (TPSA) is 45.9 Å². The predicted octanol–water partition coefficient (Wildman–Crippen LogP) is 1.21. The summed E-state index contributed by atoms with van der Waals surface area (Å²) in [5.74, 6) is 1.01. The van der Waals surface area contributed by atoms with Crippen LogP contribution in [0.1, 0.15) is 12.0 Å². The molecule has 20 heavy (non-hydrogen) atoms. The summed E-state index contributed by atoms with van der Waals surface area (Å²) in [6, 6.07) is 1.99. The zero-order valence-corrected chi connectivity index (χ0v) is 12.0. The van der Waals surface area contributed by atoms with Gasteiger partial charge in [0.1, 0.15) is 0 Å². The maximum atomic E-state index is 12.5. The van der Waals surface area contributed by atoms with Crippen LogP contribution >= 0.6 is 0 Å². The summed E-state index contributed by atoms with van der Waals surface area (Å²) in [4.78, 5) is 16.8. The van der Waals surface area contributed by atoms with Crippen molar-refractivity contribution in [2.75, 3.05) is 39.9 Å². The number of hydrogen-bond acceptors (Lipinski definition) is 4.